The van der Waals surface area contributed by atoms with Gasteiger partial charge in [0.05, 0.1) is 5.41 Å². The van der Waals surface area contributed by atoms with Gasteiger partial charge in [0.1, 0.15) is 5.75 Å². The van der Waals surface area contributed by atoms with Gasteiger partial charge in [-0.05, 0) is 55.8 Å². The first-order valence-electron chi connectivity index (χ1n) is 9.80. The van der Waals surface area contributed by atoms with Gasteiger partial charge in [0, 0.05) is 20.1 Å². The van der Waals surface area contributed by atoms with E-state index in [0.29, 0.717) is 12.5 Å². The second-order valence-corrected chi connectivity index (χ2v) is 7.79. The molecule has 0 spiro atoms. The summed E-state index contributed by atoms with van der Waals surface area (Å²) in [4.78, 5) is 15.1. The van der Waals surface area contributed by atoms with Crippen molar-refractivity contribution in [3.05, 3.63) is 65.7 Å². The smallest absolute Gasteiger partial charge is 0.233 e. The predicted molar refractivity (Wildman–Crippen MR) is 109 cm³/mol. The Morgan fingerprint density at radius 2 is 1.78 bits per heavy atom. The number of phenols is 1. The number of amides is 1. The number of hydrogen-bond donors (Lipinski definition) is 2. The van der Waals surface area contributed by atoms with Crippen molar-refractivity contribution >= 4 is 5.91 Å². The van der Waals surface area contributed by atoms with E-state index in [0.717, 1.165) is 30.5 Å². The van der Waals surface area contributed by atoms with Gasteiger partial charge in [0.15, 0.2) is 0 Å². The molecule has 1 aliphatic rings. The van der Waals surface area contributed by atoms with E-state index >= 15 is 0 Å². The summed E-state index contributed by atoms with van der Waals surface area (Å²) in [5.74, 6) is 0.337. The van der Waals surface area contributed by atoms with E-state index in [2.05, 4.69) is 5.32 Å². The highest BCUT2D eigenvalue weighted by molar-refractivity contribution is 5.88. The molecule has 0 radical (unpaired) electrons. The molecule has 1 fully saturated rings. The van der Waals surface area contributed by atoms with Crippen molar-refractivity contribution in [2.24, 2.45) is 0 Å². The lowest BCUT2D eigenvalue weighted by Crippen LogP contribution is -2.46. The number of nitrogens with zero attached hydrogens (tertiary/aromatic N) is 1. The molecule has 1 unspecified atom stereocenters. The molecule has 1 amide bonds. The minimum Gasteiger partial charge on any atom is -0.508 e. The first kappa shape index (κ1) is 19.4. The van der Waals surface area contributed by atoms with Crippen molar-refractivity contribution in [1.82, 2.24) is 10.2 Å². The lowest BCUT2D eigenvalue weighted by atomic mass is 9.71. The number of carbonyl (C=O) groups is 1. The van der Waals surface area contributed by atoms with Crippen LogP contribution in [-0.4, -0.2) is 42.6 Å². The number of phenolic OH excluding ortho intramolecular Hbond substituents is 1. The summed E-state index contributed by atoms with van der Waals surface area (Å²) in [5.41, 5.74) is 1.14. The first-order chi connectivity index (χ1) is 13.0. The van der Waals surface area contributed by atoms with Gasteiger partial charge in [-0.2, -0.15) is 0 Å². The fraction of sp³-hybridized carbons (Fsp3) is 0.435. The van der Waals surface area contributed by atoms with Crippen LogP contribution in [0.3, 0.4) is 0 Å². The van der Waals surface area contributed by atoms with Crippen LogP contribution in [-0.2, 0) is 16.6 Å². The Hall–Kier alpha value is -2.33. The minimum absolute atomic E-state index is 0.0865. The third-order valence-electron chi connectivity index (χ3n) is 5.42. The summed E-state index contributed by atoms with van der Waals surface area (Å²) >= 11 is 0. The van der Waals surface area contributed by atoms with Gasteiger partial charge in [-0.3, -0.25) is 4.79 Å². The van der Waals surface area contributed by atoms with Crippen LogP contribution in [0.4, 0.5) is 0 Å². The van der Waals surface area contributed by atoms with Crippen LogP contribution >= 0.6 is 0 Å². The van der Waals surface area contributed by atoms with Crippen LogP contribution in [0.25, 0.3) is 0 Å². The number of carbonyl (C=O) groups excluding carboxylic acids is 1. The van der Waals surface area contributed by atoms with Crippen molar-refractivity contribution in [3.8, 4) is 5.75 Å². The molecule has 1 atom stereocenters. The molecule has 27 heavy (non-hydrogen) atoms. The predicted octanol–water partition coefficient (Wildman–Crippen LogP) is 3.49. The SMILES string of the molecule is CN(C)C(=O)C(CCCNC1CC1)(Cc1ccccc1O)c1ccccc1. The van der Waals surface area contributed by atoms with Gasteiger partial charge < -0.3 is 15.3 Å². The number of hydrogen-bond acceptors (Lipinski definition) is 3. The van der Waals surface area contributed by atoms with Gasteiger partial charge in [0.25, 0.3) is 0 Å². The fourth-order valence-corrected chi connectivity index (χ4v) is 3.80. The summed E-state index contributed by atoms with van der Waals surface area (Å²) in [6, 6.07) is 18.0. The number of likely N-dealkylation sites (N-methyl/N-ethyl adjacent to an activating group) is 1. The zero-order valence-electron chi connectivity index (χ0n) is 16.3. The van der Waals surface area contributed by atoms with Crippen LogP contribution in [0.2, 0.25) is 0 Å². The molecule has 1 saturated carbocycles. The van der Waals surface area contributed by atoms with Crippen LogP contribution in [0.15, 0.2) is 54.6 Å². The molecule has 4 nitrogen and oxygen atoms in total. The van der Waals surface area contributed by atoms with E-state index in [1.165, 1.54) is 12.8 Å². The number of nitrogens with one attached hydrogen (secondary N) is 1. The Kier molecular flexibility index (Phi) is 6.17. The van der Waals surface area contributed by atoms with E-state index in [4.69, 9.17) is 0 Å². The quantitative estimate of drug-likeness (QED) is 0.668. The van der Waals surface area contributed by atoms with E-state index in [9.17, 15) is 9.90 Å². The summed E-state index contributed by atoms with van der Waals surface area (Å²) < 4.78 is 0. The topological polar surface area (TPSA) is 52.6 Å². The molecule has 4 heteroatoms. The highest BCUT2D eigenvalue weighted by Gasteiger charge is 2.41. The molecule has 2 N–H and O–H groups in total. The van der Waals surface area contributed by atoms with Crippen LogP contribution in [0.1, 0.15) is 36.8 Å². The van der Waals surface area contributed by atoms with Gasteiger partial charge in [0.2, 0.25) is 5.91 Å². The first-order valence-corrected chi connectivity index (χ1v) is 9.80. The number of benzene rings is 2. The standard InChI is InChI=1S/C23H30N2O2/c1-25(2)22(27)23(19-10-4-3-5-11-19,15-8-16-24-20-13-14-20)17-18-9-6-7-12-21(18)26/h3-7,9-12,20,24,26H,8,13-17H2,1-2H3. The number of aromatic hydroxyl groups is 1. The zero-order valence-corrected chi connectivity index (χ0v) is 16.3. The summed E-state index contributed by atoms with van der Waals surface area (Å²) in [6.45, 7) is 0.917. The Morgan fingerprint density at radius 3 is 2.41 bits per heavy atom. The summed E-state index contributed by atoms with van der Waals surface area (Å²) in [6.07, 6.45) is 4.67. The second-order valence-electron chi connectivity index (χ2n) is 7.79. The van der Waals surface area contributed by atoms with E-state index < -0.39 is 5.41 Å². The highest BCUT2D eigenvalue weighted by Crippen LogP contribution is 2.37. The van der Waals surface area contributed by atoms with Crippen LogP contribution in [0.5, 0.6) is 5.75 Å². The maximum absolute atomic E-state index is 13.4. The molecule has 2 aromatic carbocycles. The molecule has 0 aromatic heterocycles. The van der Waals surface area contributed by atoms with Gasteiger partial charge in [-0.25, -0.2) is 0 Å². The molecular formula is C23H30N2O2. The molecular weight excluding hydrogens is 336 g/mol. The molecule has 0 heterocycles. The van der Waals surface area contributed by atoms with Gasteiger partial charge >= 0.3 is 0 Å². The Balaban J connectivity index is 1.94. The average molecular weight is 367 g/mol. The highest BCUT2D eigenvalue weighted by atomic mass is 16.3. The molecule has 0 aliphatic heterocycles. The Bertz CT molecular complexity index is 756. The van der Waals surface area contributed by atoms with E-state index in [1.807, 2.05) is 62.6 Å². The van der Waals surface area contributed by atoms with Gasteiger partial charge in [-0.15, -0.1) is 0 Å². The number of rotatable bonds is 9. The Morgan fingerprint density at radius 1 is 1.11 bits per heavy atom. The van der Waals surface area contributed by atoms with Crippen LogP contribution < -0.4 is 5.32 Å². The minimum atomic E-state index is -0.686. The lowest BCUT2D eigenvalue weighted by molar-refractivity contribution is -0.135. The van der Waals surface area contributed by atoms with Crippen molar-refractivity contribution in [2.75, 3.05) is 20.6 Å². The molecule has 1 aliphatic carbocycles. The maximum atomic E-state index is 13.4. The lowest BCUT2D eigenvalue weighted by Gasteiger charge is -2.36. The van der Waals surface area contributed by atoms with Gasteiger partial charge in [-0.1, -0.05) is 48.5 Å². The molecule has 0 saturated heterocycles. The van der Waals surface area contributed by atoms with E-state index in [1.54, 1.807) is 11.0 Å². The summed E-state index contributed by atoms with van der Waals surface area (Å²) in [7, 11) is 3.63. The fourth-order valence-electron chi connectivity index (χ4n) is 3.80. The van der Waals surface area contributed by atoms with Crippen LogP contribution in [0, 0.1) is 0 Å². The van der Waals surface area contributed by atoms with Crippen molar-refractivity contribution in [2.45, 2.75) is 43.6 Å². The third kappa shape index (κ3) is 4.69. The zero-order chi connectivity index (χ0) is 19.3. The molecule has 144 valence electrons. The number of para-hydroxylation sites is 1. The second kappa shape index (κ2) is 8.57. The largest absolute Gasteiger partial charge is 0.508 e. The average Bonchev–Trinajstić information content (AvgIpc) is 3.50. The monoisotopic (exact) mass is 366 g/mol. The van der Waals surface area contributed by atoms with Crippen molar-refractivity contribution < 1.29 is 9.90 Å². The van der Waals surface area contributed by atoms with E-state index in [-0.39, 0.29) is 11.7 Å². The summed E-state index contributed by atoms with van der Waals surface area (Å²) in [5, 5.41) is 13.9. The van der Waals surface area contributed by atoms with Crippen molar-refractivity contribution in [1.29, 1.82) is 0 Å². The molecule has 2 aromatic rings. The molecule has 0 bridgehead atoms. The normalized spacial score (nSPS) is 15.9. The molecule has 3 rings (SSSR count). The Labute approximate surface area is 162 Å². The third-order valence-corrected chi connectivity index (χ3v) is 5.42. The van der Waals surface area contributed by atoms with Crippen molar-refractivity contribution in [3.63, 3.8) is 0 Å². The maximum Gasteiger partial charge on any atom is 0.233 e.